The normalized spacial score (nSPS) is 29.1. The lowest BCUT2D eigenvalue weighted by Crippen LogP contribution is -2.52. The number of benzene rings is 2. The number of hydrogen-bond donors (Lipinski definition) is 3. The van der Waals surface area contributed by atoms with Crippen LogP contribution in [0.5, 0.6) is 0 Å². The lowest BCUT2D eigenvalue weighted by molar-refractivity contribution is -0.148. The number of carbonyl (C=O) groups is 3. The van der Waals surface area contributed by atoms with E-state index in [4.69, 9.17) is 0 Å². The summed E-state index contributed by atoms with van der Waals surface area (Å²) < 4.78 is 0. The molecule has 0 aromatic heterocycles. The number of rotatable bonds is 4. The molecule has 2 fully saturated rings. The van der Waals surface area contributed by atoms with Crippen LogP contribution in [-0.4, -0.2) is 28.4 Å². The maximum Gasteiger partial charge on any atom is 0.324 e. The van der Waals surface area contributed by atoms with Gasteiger partial charge in [-0.1, -0.05) is 66.7 Å². The Hall–Kier alpha value is -3.25. The monoisotopic (exact) mass is 376 g/mol. The van der Waals surface area contributed by atoms with E-state index in [1.165, 1.54) is 6.92 Å². The van der Waals surface area contributed by atoms with E-state index in [1.807, 2.05) is 66.7 Å². The fourth-order valence-electron chi connectivity index (χ4n) is 4.12. The summed E-state index contributed by atoms with van der Waals surface area (Å²) in [4.78, 5) is 36.3. The van der Waals surface area contributed by atoms with Gasteiger partial charge in [-0.15, -0.1) is 0 Å². The molecule has 142 valence electrons. The third kappa shape index (κ3) is 2.92. The molecule has 6 nitrogen and oxygen atoms in total. The van der Waals surface area contributed by atoms with Crippen molar-refractivity contribution in [3.05, 3.63) is 71.3 Å². The Bertz CT molecular complexity index is 968. The van der Waals surface area contributed by atoms with Crippen LogP contribution in [0.25, 0.3) is 12.2 Å². The van der Waals surface area contributed by atoms with Crippen LogP contribution in [0.3, 0.4) is 0 Å². The van der Waals surface area contributed by atoms with Gasteiger partial charge in [-0.25, -0.2) is 0 Å². The first-order chi connectivity index (χ1) is 13.4. The third-order valence-corrected chi connectivity index (χ3v) is 5.63. The molecule has 2 aliphatic heterocycles. The molecule has 0 saturated carbocycles. The summed E-state index contributed by atoms with van der Waals surface area (Å²) in [5, 5.41) is 15.0. The van der Waals surface area contributed by atoms with Crippen LogP contribution in [0, 0.1) is 11.8 Å². The van der Waals surface area contributed by atoms with Gasteiger partial charge in [0.1, 0.15) is 5.54 Å². The van der Waals surface area contributed by atoms with Crippen LogP contribution in [0.2, 0.25) is 0 Å². The molecule has 6 heteroatoms. The fourth-order valence-corrected chi connectivity index (χ4v) is 4.12. The molecule has 0 radical (unpaired) electrons. The molecule has 4 rings (SSSR count). The van der Waals surface area contributed by atoms with E-state index in [2.05, 4.69) is 10.6 Å². The minimum absolute atomic E-state index is 0.425. The zero-order valence-corrected chi connectivity index (χ0v) is 15.3. The van der Waals surface area contributed by atoms with Gasteiger partial charge in [0.15, 0.2) is 0 Å². The molecule has 2 aromatic rings. The highest BCUT2D eigenvalue weighted by Crippen LogP contribution is 2.46. The summed E-state index contributed by atoms with van der Waals surface area (Å²) in [6, 6.07) is 16.9. The van der Waals surface area contributed by atoms with Crippen molar-refractivity contribution in [1.29, 1.82) is 0 Å². The molecule has 0 aliphatic carbocycles. The Kier molecular flexibility index (Phi) is 4.35. The number of carboxylic acids is 1. The molecule has 2 saturated heterocycles. The Morgan fingerprint density at radius 3 is 2.18 bits per heavy atom. The molecule has 0 spiro atoms. The van der Waals surface area contributed by atoms with Gasteiger partial charge in [-0.3, -0.25) is 25.0 Å². The van der Waals surface area contributed by atoms with Gasteiger partial charge in [0.2, 0.25) is 11.8 Å². The Morgan fingerprint density at radius 2 is 1.57 bits per heavy atom. The van der Waals surface area contributed by atoms with E-state index in [0.717, 1.165) is 16.7 Å². The van der Waals surface area contributed by atoms with E-state index in [-0.39, 0.29) is 0 Å². The van der Waals surface area contributed by atoms with Crippen LogP contribution < -0.4 is 10.6 Å². The molecule has 0 bridgehead atoms. The topological polar surface area (TPSA) is 95.5 Å². The highest BCUT2D eigenvalue weighted by molar-refractivity contribution is 6.09. The van der Waals surface area contributed by atoms with Gasteiger partial charge in [-0.2, -0.15) is 0 Å². The first-order valence-corrected chi connectivity index (χ1v) is 9.09. The molecule has 2 heterocycles. The van der Waals surface area contributed by atoms with Gasteiger partial charge in [-0.05, 0) is 23.6 Å². The zero-order chi connectivity index (χ0) is 19.9. The predicted octanol–water partition coefficient (Wildman–Crippen LogP) is 2.23. The van der Waals surface area contributed by atoms with Crippen LogP contribution in [0.4, 0.5) is 0 Å². The molecule has 28 heavy (non-hydrogen) atoms. The number of imide groups is 1. The van der Waals surface area contributed by atoms with Crippen LogP contribution in [0.15, 0.2) is 54.6 Å². The number of fused-ring (bicyclic) bond motifs is 1. The Balaban J connectivity index is 1.60. The quantitative estimate of drug-likeness (QED) is 0.562. The van der Waals surface area contributed by atoms with Crippen molar-refractivity contribution in [2.24, 2.45) is 11.8 Å². The second-order valence-corrected chi connectivity index (χ2v) is 7.40. The van der Waals surface area contributed by atoms with E-state index < -0.39 is 41.2 Å². The molecule has 2 amide bonds. The highest BCUT2D eigenvalue weighted by Gasteiger charge is 2.64. The van der Waals surface area contributed by atoms with Crippen molar-refractivity contribution in [3.8, 4) is 0 Å². The van der Waals surface area contributed by atoms with Gasteiger partial charge in [0, 0.05) is 6.04 Å². The zero-order valence-electron chi connectivity index (χ0n) is 15.3. The van der Waals surface area contributed by atoms with Crippen molar-refractivity contribution < 1.29 is 19.5 Å². The SMILES string of the molecule is CC1(C(=O)O)NC(c2ccc(C=Cc3ccccc3)cc2)C2C(=O)NC(=O)C21. The lowest BCUT2D eigenvalue weighted by atomic mass is 9.80. The van der Waals surface area contributed by atoms with E-state index in [1.54, 1.807) is 0 Å². The fraction of sp³-hybridized carbons (Fsp3) is 0.227. The number of carbonyl (C=O) groups excluding carboxylic acids is 2. The maximum absolute atomic E-state index is 12.3. The minimum Gasteiger partial charge on any atom is -0.480 e. The molecular formula is C22H20N2O4. The third-order valence-electron chi connectivity index (χ3n) is 5.63. The number of hydrogen-bond acceptors (Lipinski definition) is 4. The largest absolute Gasteiger partial charge is 0.480 e. The van der Waals surface area contributed by atoms with E-state index >= 15 is 0 Å². The molecule has 2 aliphatic rings. The maximum atomic E-state index is 12.3. The van der Waals surface area contributed by atoms with Crippen LogP contribution in [-0.2, 0) is 14.4 Å². The highest BCUT2D eigenvalue weighted by atomic mass is 16.4. The molecule has 4 unspecified atom stereocenters. The average molecular weight is 376 g/mol. The van der Waals surface area contributed by atoms with Crippen molar-refractivity contribution in [2.75, 3.05) is 0 Å². The van der Waals surface area contributed by atoms with Crippen molar-refractivity contribution in [3.63, 3.8) is 0 Å². The summed E-state index contributed by atoms with van der Waals surface area (Å²) in [5.41, 5.74) is 1.36. The van der Waals surface area contributed by atoms with Crippen LogP contribution in [0.1, 0.15) is 29.7 Å². The van der Waals surface area contributed by atoms with Crippen molar-refractivity contribution in [1.82, 2.24) is 10.6 Å². The molecular weight excluding hydrogens is 356 g/mol. The summed E-state index contributed by atoms with van der Waals surface area (Å²) in [5.74, 6) is -3.76. The van der Waals surface area contributed by atoms with Crippen molar-refractivity contribution >= 4 is 29.9 Å². The minimum atomic E-state index is -1.49. The van der Waals surface area contributed by atoms with E-state index in [0.29, 0.717) is 0 Å². The van der Waals surface area contributed by atoms with Gasteiger partial charge >= 0.3 is 5.97 Å². The molecule has 4 atom stereocenters. The summed E-state index contributed by atoms with van der Waals surface area (Å²) >= 11 is 0. The standard InChI is InChI=1S/C22H20N2O4/c1-22(21(27)28)17-16(19(25)23-20(17)26)18(24-22)15-11-9-14(10-12-15)8-7-13-5-3-2-4-6-13/h2-12,16-18,24H,1H3,(H,27,28)(H,23,25,26). The molecule has 2 aromatic carbocycles. The number of carboxylic acid groups (broad SMARTS) is 1. The van der Waals surface area contributed by atoms with E-state index in [9.17, 15) is 19.5 Å². The second kappa shape index (κ2) is 6.73. The average Bonchev–Trinajstić information content (AvgIpc) is 3.18. The Morgan fingerprint density at radius 1 is 0.964 bits per heavy atom. The number of amides is 2. The Labute approximate surface area is 162 Å². The summed E-state index contributed by atoms with van der Waals surface area (Å²) in [6.07, 6.45) is 3.99. The second-order valence-electron chi connectivity index (χ2n) is 7.40. The molecule has 3 N–H and O–H groups in total. The predicted molar refractivity (Wildman–Crippen MR) is 104 cm³/mol. The van der Waals surface area contributed by atoms with Gasteiger partial charge in [0.25, 0.3) is 0 Å². The smallest absolute Gasteiger partial charge is 0.324 e. The first kappa shape index (κ1) is 18.1. The first-order valence-electron chi connectivity index (χ1n) is 9.09. The van der Waals surface area contributed by atoms with Crippen molar-refractivity contribution in [2.45, 2.75) is 18.5 Å². The summed E-state index contributed by atoms with van der Waals surface area (Å²) in [7, 11) is 0. The summed E-state index contributed by atoms with van der Waals surface area (Å²) in [6.45, 7) is 1.46. The number of aliphatic carboxylic acids is 1. The van der Waals surface area contributed by atoms with Gasteiger partial charge < -0.3 is 5.11 Å². The van der Waals surface area contributed by atoms with Gasteiger partial charge in [0.05, 0.1) is 11.8 Å². The number of nitrogens with one attached hydrogen (secondary N) is 2. The van der Waals surface area contributed by atoms with Crippen LogP contribution >= 0.6 is 0 Å². The lowest BCUT2D eigenvalue weighted by Gasteiger charge is -2.24.